The maximum Gasteiger partial charge on any atom is 0.351 e. The van der Waals surface area contributed by atoms with Gasteiger partial charge in [0.25, 0.3) is 0 Å². The van der Waals surface area contributed by atoms with Gasteiger partial charge in [-0.05, 0) is 18.4 Å². The molecule has 0 N–H and O–H groups in total. The van der Waals surface area contributed by atoms with Crippen molar-refractivity contribution in [1.82, 2.24) is 0 Å². The molecule has 0 radical (unpaired) electrons. The molecule has 1 heterocycles. The zero-order valence-electron chi connectivity index (χ0n) is 5.96. The largest absolute Gasteiger partial charge is 0.462 e. The zero-order chi connectivity index (χ0) is 8.27. The van der Waals surface area contributed by atoms with Crippen LogP contribution in [0, 0.1) is 5.82 Å². The summed E-state index contributed by atoms with van der Waals surface area (Å²) in [5.41, 5.74) is 0. The van der Waals surface area contributed by atoms with Crippen molar-refractivity contribution in [1.29, 1.82) is 0 Å². The van der Waals surface area contributed by atoms with Gasteiger partial charge in [-0.15, -0.1) is 11.3 Å². The molecule has 60 valence electrons. The van der Waals surface area contributed by atoms with Crippen molar-refractivity contribution in [2.45, 2.75) is 6.92 Å². The Labute approximate surface area is 67.6 Å². The Bertz CT molecular complexity index is 257. The molecule has 0 spiro atoms. The van der Waals surface area contributed by atoms with Gasteiger partial charge in [0.15, 0.2) is 0 Å². The third kappa shape index (κ3) is 1.77. The maximum absolute atomic E-state index is 12.6. The van der Waals surface area contributed by atoms with Crippen molar-refractivity contribution in [2.24, 2.45) is 0 Å². The standard InChI is InChI=1S/C7H7FO2S/c1-2-10-7(9)6-5(8)3-4-11-6/h3-4H,2H2,1H3. The van der Waals surface area contributed by atoms with E-state index in [-0.39, 0.29) is 11.5 Å². The number of esters is 1. The SMILES string of the molecule is CCOC(=O)c1sccc1F. The van der Waals surface area contributed by atoms with Crippen LogP contribution < -0.4 is 0 Å². The normalized spacial score (nSPS) is 9.64. The van der Waals surface area contributed by atoms with Gasteiger partial charge in [-0.25, -0.2) is 9.18 Å². The number of thiophene rings is 1. The topological polar surface area (TPSA) is 26.3 Å². The smallest absolute Gasteiger partial charge is 0.351 e. The first-order valence-electron chi connectivity index (χ1n) is 3.15. The Hall–Kier alpha value is -0.900. The lowest BCUT2D eigenvalue weighted by molar-refractivity contribution is 0.0527. The summed E-state index contributed by atoms with van der Waals surface area (Å²) in [5, 5.41) is 1.52. The molecule has 1 aromatic rings. The fourth-order valence-electron chi connectivity index (χ4n) is 0.636. The predicted molar refractivity (Wildman–Crippen MR) is 40.2 cm³/mol. The molecule has 0 aromatic carbocycles. The number of halogens is 1. The average molecular weight is 174 g/mol. The third-order valence-corrected chi connectivity index (χ3v) is 1.95. The zero-order valence-corrected chi connectivity index (χ0v) is 6.78. The quantitative estimate of drug-likeness (QED) is 0.641. The molecule has 11 heavy (non-hydrogen) atoms. The molecule has 0 aliphatic rings. The van der Waals surface area contributed by atoms with Gasteiger partial charge in [0, 0.05) is 0 Å². The summed E-state index contributed by atoms with van der Waals surface area (Å²) in [5.74, 6) is -1.09. The Morgan fingerprint density at radius 2 is 2.55 bits per heavy atom. The number of rotatable bonds is 2. The minimum atomic E-state index is -0.583. The molecule has 0 saturated carbocycles. The van der Waals surface area contributed by atoms with E-state index in [1.165, 1.54) is 11.4 Å². The van der Waals surface area contributed by atoms with Crippen LogP contribution in [0.4, 0.5) is 4.39 Å². The van der Waals surface area contributed by atoms with Crippen molar-refractivity contribution in [2.75, 3.05) is 6.61 Å². The van der Waals surface area contributed by atoms with Crippen LogP contribution in [0.15, 0.2) is 11.4 Å². The van der Waals surface area contributed by atoms with Crippen LogP contribution in [0.1, 0.15) is 16.6 Å². The number of carbonyl (C=O) groups excluding carboxylic acids is 1. The number of hydrogen-bond acceptors (Lipinski definition) is 3. The van der Waals surface area contributed by atoms with E-state index >= 15 is 0 Å². The lowest BCUT2D eigenvalue weighted by Gasteiger charge is -1.96. The molecule has 1 aromatic heterocycles. The summed E-state index contributed by atoms with van der Waals surface area (Å²) in [6.45, 7) is 1.96. The minimum absolute atomic E-state index is 0.0480. The Morgan fingerprint density at radius 1 is 1.82 bits per heavy atom. The second kappa shape index (κ2) is 3.48. The van der Waals surface area contributed by atoms with Crippen molar-refractivity contribution < 1.29 is 13.9 Å². The van der Waals surface area contributed by atoms with Crippen molar-refractivity contribution in [3.8, 4) is 0 Å². The predicted octanol–water partition coefficient (Wildman–Crippen LogP) is 2.06. The van der Waals surface area contributed by atoms with E-state index in [1.54, 1.807) is 6.92 Å². The highest BCUT2D eigenvalue weighted by atomic mass is 32.1. The van der Waals surface area contributed by atoms with Crippen molar-refractivity contribution >= 4 is 17.3 Å². The maximum atomic E-state index is 12.6. The first-order chi connectivity index (χ1) is 5.25. The van der Waals surface area contributed by atoms with Gasteiger partial charge < -0.3 is 4.74 Å². The molecule has 0 aliphatic carbocycles. The first-order valence-corrected chi connectivity index (χ1v) is 4.03. The highest BCUT2D eigenvalue weighted by Crippen LogP contribution is 2.15. The van der Waals surface area contributed by atoms with Crippen LogP contribution >= 0.6 is 11.3 Å². The highest BCUT2D eigenvalue weighted by molar-refractivity contribution is 7.12. The monoisotopic (exact) mass is 174 g/mol. The van der Waals surface area contributed by atoms with Gasteiger partial charge in [0.2, 0.25) is 0 Å². The molecular weight excluding hydrogens is 167 g/mol. The number of carbonyl (C=O) groups is 1. The minimum Gasteiger partial charge on any atom is -0.462 e. The van der Waals surface area contributed by atoms with Gasteiger partial charge in [-0.3, -0.25) is 0 Å². The van der Waals surface area contributed by atoms with Gasteiger partial charge in [0.05, 0.1) is 6.61 Å². The van der Waals surface area contributed by atoms with E-state index in [2.05, 4.69) is 4.74 Å². The molecule has 0 aliphatic heterocycles. The van der Waals surface area contributed by atoms with Gasteiger partial charge >= 0.3 is 5.97 Å². The second-order valence-electron chi connectivity index (χ2n) is 1.82. The average Bonchev–Trinajstić information content (AvgIpc) is 2.36. The van der Waals surface area contributed by atoms with Crippen LogP contribution in [-0.2, 0) is 4.74 Å². The van der Waals surface area contributed by atoms with Crippen molar-refractivity contribution in [3.63, 3.8) is 0 Å². The summed E-state index contributed by atoms with van der Waals surface area (Å²) in [6, 6.07) is 1.25. The Kier molecular flexibility index (Phi) is 2.59. The van der Waals surface area contributed by atoms with Crippen LogP contribution in [-0.4, -0.2) is 12.6 Å². The molecular formula is C7H7FO2S. The number of hydrogen-bond donors (Lipinski definition) is 0. The fourth-order valence-corrected chi connectivity index (χ4v) is 1.30. The molecule has 0 bridgehead atoms. The van der Waals surface area contributed by atoms with Gasteiger partial charge in [-0.2, -0.15) is 0 Å². The van der Waals surface area contributed by atoms with Gasteiger partial charge in [-0.1, -0.05) is 0 Å². The summed E-state index contributed by atoms with van der Waals surface area (Å²) < 4.78 is 17.2. The van der Waals surface area contributed by atoms with E-state index in [4.69, 9.17) is 0 Å². The molecule has 0 atom stereocenters. The molecule has 0 saturated heterocycles. The van der Waals surface area contributed by atoms with E-state index in [1.807, 2.05) is 0 Å². The molecule has 2 nitrogen and oxygen atoms in total. The second-order valence-corrected chi connectivity index (χ2v) is 2.73. The summed E-state index contributed by atoms with van der Waals surface area (Å²) in [4.78, 5) is 10.9. The Balaban J connectivity index is 2.76. The number of ether oxygens (including phenoxy) is 1. The van der Waals surface area contributed by atoms with Crippen LogP contribution in [0.25, 0.3) is 0 Å². The van der Waals surface area contributed by atoms with E-state index in [0.29, 0.717) is 0 Å². The molecule has 0 unspecified atom stereocenters. The van der Waals surface area contributed by atoms with E-state index in [0.717, 1.165) is 11.3 Å². The van der Waals surface area contributed by atoms with Crippen LogP contribution in [0.3, 0.4) is 0 Å². The fraction of sp³-hybridized carbons (Fsp3) is 0.286. The first kappa shape index (κ1) is 8.20. The lowest BCUT2D eigenvalue weighted by Crippen LogP contribution is -2.03. The van der Waals surface area contributed by atoms with Crippen LogP contribution in [0.5, 0.6) is 0 Å². The van der Waals surface area contributed by atoms with Gasteiger partial charge in [0.1, 0.15) is 10.7 Å². The highest BCUT2D eigenvalue weighted by Gasteiger charge is 2.13. The molecule has 1 rings (SSSR count). The van der Waals surface area contributed by atoms with Crippen LogP contribution in [0.2, 0.25) is 0 Å². The van der Waals surface area contributed by atoms with E-state index < -0.39 is 11.8 Å². The Morgan fingerprint density at radius 3 is 3.00 bits per heavy atom. The summed E-state index contributed by atoms with van der Waals surface area (Å²) in [7, 11) is 0. The summed E-state index contributed by atoms with van der Waals surface area (Å²) >= 11 is 1.05. The molecule has 0 amide bonds. The third-order valence-electron chi connectivity index (χ3n) is 1.08. The lowest BCUT2D eigenvalue weighted by atomic mass is 10.4. The van der Waals surface area contributed by atoms with E-state index in [9.17, 15) is 9.18 Å². The van der Waals surface area contributed by atoms with Crippen molar-refractivity contribution in [3.05, 3.63) is 22.1 Å². The summed E-state index contributed by atoms with van der Waals surface area (Å²) in [6.07, 6.45) is 0. The molecule has 0 fully saturated rings. The molecule has 4 heteroatoms.